The number of pyridine rings is 1. The van der Waals surface area contributed by atoms with Gasteiger partial charge in [-0.2, -0.15) is 5.26 Å². The fraction of sp³-hybridized carbons (Fsp3) is 0.500. The Morgan fingerprint density at radius 1 is 1.53 bits per heavy atom. The van der Waals surface area contributed by atoms with Crippen molar-refractivity contribution in [1.29, 1.82) is 5.26 Å². The molecule has 1 aliphatic heterocycles. The van der Waals surface area contributed by atoms with Crippen LogP contribution in [0.2, 0.25) is 0 Å². The van der Waals surface area contributed by atoms with E-state index in [1.807, 2.05) is 6.92 Å². The third kappa shape index (κ3) is 2.68. The van der Waals surface area contributed by atoms with Gasteiger partial charge < -0.3 is 9.47 Å². The Labute approximate surface area is 112 Å². The monoisotopic (exact) mass is 259 g/mol. The molecule has 0 aromatic carbocycles. The lowest BCUT2D eigenvalue weighted by atomic mass is 9.99. The first-order chi connectivity index (χ1) is 9.02. The quantitative estimate of drug-likeness (QED) is 0.757. The van der Waals surface area contributed by atoms with Gasteiger partial charge in [-0.3, -0.25) is 9.59 Å². The Morgan fingerprint density at radius 2 is 2.26 bits per heavy atom. The molecule has 1 fully saturated rings. The Kier molecular flexibility index (Phi) is 3.70. The highest BCUT2D eigenvalue weighted by Gasteiger charge is 2.25. The number of hydrogen-bond donors (Lipinski definition) is 0. The predicted molar refractivity (Wildman–Crippen MR) is 70.7 cm³/mol. The van der Waals surface area contributed by atoms with E-state index in [4.69, 9.17) is 5.26 Å². The summed E-state index contributed by atoms with van der Waals surface area (Å²) in [7, 11) is 1.81. The molecule has 5 nitrogen and oxygen atoms in total. The van der Waals surface area contributed by atoms with E-state index in [0.29, 0.717) is 13.1 Å². The molecule has 0 spiro atoms. The van der Waals surface area contributed by atoms with E-state index in [2.05, 4.69) is 6.07 Å². The Bertz CT molecular complexity index is 598. The summed E-state index contributed by atoms with van der Waals surface area (Å²) in [6, 6.07) is 3.67. The van der Waals surface area contributed by atoms with Gasteiger partial charge in [-0.15, -0.1) is 0 Å². The third-order valence-corrected chi connectivity index (χ3v) is 3.61. The van der Waals surface area contributed by atoms with E-state index in [9.17, 15) is 9.59 Å². The van der Waals surface area contributed by atoms with Crippen molar-refractivity contribution < 1.29 is 4.79 Å². The Balaban J connectivity index is 2.27. The Morgan fingerprint density at radius 3 is 2.95 bits per heavy atom. The molecule has 2 heterocycles. The molecule has 0 bridgehead atoms. The van der Waals surface area contributed by atoms with Crippen LogP contribution in [-0.4, -0.2) is 28.5 Å². The molecule has 1 saturated heterocycles. The van der Waals surface area contributed by atoms with E-state index in [1.165, 1.54) is 6.07 Å². The van der Waals surface area contributed by atoms with Crippen molar-refractivity contribution in [3.05, 3.63) is 33.7 Å². The van der Waals surface area contributed by atoms with Gasteiger partial charge in [0.05, 0.1) is 12.0 Å². The number of hydrogen-bond acceptors (Lipinski definition) is 3. The van der Waals surface area contributed by atoms with Gasteiger partial charge in [0.15, 0.2) is 5.43 Å². The van der Waals surface area contributed by atoms with Crippen LogP contribution in [-0.2, 0) is 7.05 Å². The molecular weight excluding hydrogens is 242 g/mol. The number of nitrogens with zero attached hydrogens (tertiary/aromatic N) is 3. The molecular formula is C14H17N3O2. The third-order valence-electron chi connectivity index (χ3n) is 3.61. The number of nitriles is 1. The first-order valence-corrected chi connectivity index (χ1v) is 6.39. The second-order valence-corrected chi connectivity index (χ2v) is 5.02. The number of amides is 1. The Hall–Kier alpha value is -2.09. The number of rotatable bonds is 1. The maximum absolute atomic E-state index is 12.3. The molecule has 2 rings (SSSR count). The van der Waals surface area contributed by atoms with Gasteiger partial charge in [0.1, 0.15) is 5.56 Å². The summed E-state index contributed by atoms with van der Waals surface area (Å²) in [5.74, 6) is -0.382. The SMILES string of the molecule is Cc1cc(=O)c(C(=O)N2CCCC(C#N)C2)cn1C. The summed E-state index contributed by atoms with van der Waals surface area (Å²) in [6.07, 6.45) is 3.22. The molecule has 0 N–H and O–H groups in total. The topological polar surface area (TPSA) is 66.1 Å². The van der Waals surface area contributed by atoms with Gasteiger partial charge in [0.2, 0.25) is 0 Å². The maximum atomic E-state index is 12.3. The zero-order chi connectivity index (χ0) is 14.0. The average Bonchev–Trinajstić information content (AvgIpc) is 2.42. The van der Waals surface area contributed by atoms with E-state index in [-0.39, 0.29) is 22.8 Å². The highest BCUT2D eigenvalue weighted by atomic mass is 16.2. The fourth-order valence-electron chi connectivity index (χ4n) is 2.33. The molecule has 1 aromatic heterocycles. The van der Waals surface area contributed by atoms with Gasteiger partial charge in [-0.05, 0) is 19.8 Å². The minimum Gasteiger partial charge on any atom is -0.354 e. The van der Waals surface area contributed by atoms with E-state index < -0.39 is 0 Å². The normalized spacial score (nSPS) is 19.0. The molecule has 1 amide bonds. The number of aryl methyl sites for hydroxylation is 2. The van der Waals surface area contributed by atoms with Crippen LogP contribution in [0.4, 0.5) is 0 Å². The largest absolute Gasteiger partial charge is 0.354 e. The van der Waals surface area contributed by atoms with Crippen LogP contribution in [0.5, 0.6) is 0 Å². The maximum Gasteiger partial charge on any atom is 0.259 e. The molecule has 0 aliphatic carbocycles. The zero-order valence-corrected chi connectivity index (χ0v) is 11.2. The second-order valence-electron chi connectivity index (χ2n) is 5.02. The van der Waals surface area contributed by atoms with Crippen molar-refractivity contribution in [2.45, 2.75) is 19.8 Å². The number of carbonyl (C=O) groups excluding carboxylic acids is 1. The highest BCUT2D eigenvalue weighted by molar-refractivity contribution is 5.94. The summed E-state index contributed by atoms with van der Waals surface area (Å²) in [5.41, 5.74) is 0.751. The summed E-state index contributed by atoms with van der Waals surface area (Å²) in [4.78, 5) is 25.9. The number of aromatic nitrogens is 1. The lowest BCUT2D eigenvalue weighted by Crippen LogP contribution is -2.41. The summed E-state index contributed by atoms with van der Waals surface area (Å²) in [5, 5.41) is 8.94. The van der Waals surface area contributed by atoms with Crippen LogP contribution < -0.4 is 5.43 Å². The lowest BCUT2D eigenvalue weighted by molar-refractivity contribution is 0.0696. The number of carbonyl (C=O) groups is 1. The summed E-state index contributed by atoms with van der Waals surface area (Å²) in [6.45, 7) is 2.86. The van der Waals surface area contributed by atoms with Crippen LogP contribution in [0.15, 0.2) is 17.1 Å². The highest BCUT2D eigenvalue weighted by Crippen LogP contribution is 2.17. The molecule has 0 radical (unpaired) electrons. The van der Waals surface area contributed by atoms with Gasteiger partial charge in [-0.25, -0.2) is 0 Å². The molecule has 19 heavy (non-hydrogen) atoms. The van der Waals surface area contributed by atoms with Crippen LogP contribution in [0.1, 0.15) is 28.9 Å². The van der Waals surface area contributed by atoms with Crippen molar-refractivity contribution >= 4 is 5.91 Å². The van der Waals surface area contributed by atoms with E-state index >= 15 is 0 Å². The van der Waals surface area contributed by atoms with Crippen molar-refractivity contribution in [2.24, 2.45) is 13.0 Å². The first-order valence-electron chi connectivity index (χ1n) is 6.39. The standard InChI is InChI=1S/C14H17N3O2/c1-10-6-13(18)12(9-16(10)2)14(19)17-5-3-4-11(7-15)8-17/h6,9,11H,3-5,8H2,1-2H3. The lowest BCUT2D eigenvalue weighted by Gasteiger charge is -2.29. The summed E-state index contributed by atoms with van der Waals surface area (Å²) < 4.78 is 1.76. The minimum absolute atomic E-state index is 0.119. The average molecular weight is 259 g/mol. The van der Waals surface area contributed by atoms with Gasteiger partial charge in [-0.1, -0.05) is 0 Å². The van der Waals surface area contributed by atoms with Crippen molar-refractivity contribution in [3.63, 3.8) is 0 Å². The molecule has 1 aromatic rings. The van der Waals surface area contributed by atoms with Gasteiger partial charge >= 0.3 is 0 Å². The predicted octanol–water partition coefficient (Wildman–Crippen LogP) is 1.07. The zero-order valence-electron chi connectivity index (χ0n) is 11.2. The van der Waals surface area contributed by atoms with Crippen LogP contribution in [0, 0.1) is 24.2 Å². The molecule has 1 atom stereocenters. The molecule has 5 heteroatoms. The van der Waals surface area contributed by atoms with Gasteiger partial charge in [0.25, 0.3) is 5.91 Å². The number of piperidine rings is 1. The number of likely N-dealkylation sites (tertiary alicyclic amines) is 1. The van der Waals surface area contributed by atoms with Crippen molar-refractivity contribution in [3.8, 4) is 6.07 Å². The van der Waals surface area contributed by atoms with E-state index in [0.717, 1.165) is 18.5 Å². The van der Waals surface area contributed by atoms with Gasteiger partial charge in [0, 0.05) is 38.1 Å². The van der Waals surface area contributed by atoms with Crippen LogP contribution in [0.25, 0.3) is 0 Å². The molecule has 100 valence electrons. The van der Waals surface area contributed by atoms with E-state index in [1.54, 1.807) is 22.7 Å². The van der Waals surface area contributed by atoms with Crippen LogP contribution >= 0.6 is 0 Å². The van der Waals surface area contributed by atoms with Crippen molar-refractivity contribution in [2.75, 3.05) is 13.1 Å². The molecule has 0 saturated carbocycles. The smallest absolute Gasteiger partial charge is 0.259 e. The second kappa shape index (κ2) is 5.27. The first kappa shape index (κ1) is 13.3. The molecule has 1 aliphatic rings. The van der Waals surface area contributed by atoms with Crippen LogP contribution in [0.3, 0.4) is 0 Å². The minimum atomic E-state index is -0.263. The fourth-order valence-corrected chi connectivity index (χ4v) is 2.33. The van der Waals surface area contributed by atoms with Crippen molar-refractivity contribution in [1.82, 2.24) is 9.47 Å². The molecule has 1 unspecified atom stereocenters. The summed E-state index contributed by atoms with van der Waals surface area (Å²) >= 11 is 0.